The SMILES string of the molecule is COc1cc(OC)c(NS(=O)(=O)c2cc(C(=O)NCc3ccccc3F)ccc2C)cc1Cl. The molecule has 0 atom stereocenters. The van der Waals surface area contributed by atoms with E-state index in [4.69, 9.17) is 21.1 Å². The largest absolute Gasteiger partial charge is 0.495 e. The van der Waals surface area contributed by atoms with Gasteiger partial charge in [-0.25, -0.2) is 12.8 Å². The maximum Gasteiger partial charge on any atom is 0.262 e. The van der Waals surface area contributed by atoms with Gasteiger partial charge in [0.1, 0.15) is 17.3 Å². The first-order chi connectivity index (χ1) is 15.7. The number of carbonyl (C=O) groups excluding carboxylic acids is 1. The van der Waals surface area contributed by atoms with Crippen LogP contribution in [-0.4, -0.2) is 28.5 Å². The molecule has 0 unspecified atom stereocenters. The van der Waals surface area contributed by atoms with Gasteiger partial charge in [-0.15, -0.1) is 0 Å². The molecule has 2 N–H and O–H groups in total. The minimum atomic E-state index is -4.11. The molecule has 0 saturated carbocycles. The Morgan fingerprint density at radius 3 is 2.39 bits per heavy atom. The van der Waals surface area contributed by atoms with Gasteiger partial charge in [-0.05, 0) is 36.8 Å². The third-order valence-corrected chi connectivity index (χ3v) is 6.66. The maximum atomic E-state index is 13.8. The van der Waals surface area contributed by atoms with Gasteiger partial charge >= 0.3 is 0 Å². The van der Waals surface area contributed by atoms with Crippen LogP contribution in [0.4, 0.5) is 10.1 Å². The lowest BCUT2D eigenvalue weighted by atomic mass is 10.1. The number of sulfonamides is 1. The van der Waals surface area contributed by atoms with Crippen LogP contribution >= 0.6 is 11.6 Å². The van der Waals surface area contributed by atoms with Gasteiger partial charge in [0.15, 0.2) is 0 Å². The van der Waals surface area contributed by atoms with Gasteiger partial charge in [0.25, 0.3) is 15.9 Å². The number of anilines is 1. The third-order valence-electron chi connectivity index (χ3n) is 4.86. The first-order valence-electron chi connectivity index (χ1n) is 9.73. The van der Waals surface area contributed by atoms with E-state index in [2.05, 4.69) is 10.0 Å². The van der Waals surface area contributed by atoms with Crippen molar-refractivity contribution in [3.8, 4) is 11.5 Å². The van der Waals surface area contributed by atoms with Crippen molar-refractivity contribution in [3.05, 3.63) is 82.1 Å². The van der Waals surface area contributed by atoms with E-state index >= 15 is 0 Å². The molecule has 10 heteroatoms. The molecular weight excluding hydrogens is 471 g/mol. The third kappa shape index (κ3) is 5.55. The van der Waals surface area contributed by atoms with Crippen LogP contribution in [0.3, 0.4) is 0 Å². The monoisotopic (exact) mass is 492 g/mol. The van der Waals surface area contributed by atoms with Gasteiger partial charge in [0.2, 0.25) is 0 Å². The second-order valence-electron chi connectivity index (χ2n) is 7.05. The molecule has 0 aliphatic heterocycles. The molecule has 3 aromatic carbocycles. The molecule has 0 bridgehead atoms. The van der Waals surface area contributed by atoms with Crippen LogP contribution in [0.15, 0.2) is 59.5 Å². The Morgan fingerprint density at radius 2 is 1.73 bits per heavy atom. The summed E-state index contributed by atoms with van der Waals surface area (Å²) >= 11 is 6.13. The molecule has 174 valence electrons. The van der Waals surface area contributed by atoms with Gasteiger partial charge in [0.05, 0.1) is 29.8 Å². The molecule has 7 nitrogen and oxygen atoms in total. The minimum absolute atomic E-state index is 0.0404. The molecule has 0 aliphatic rings. The highest BCUT2D eigenvalue weighted by molar-refractivity contribution is 7.92. The lowest BCUT2D eigenvalue weighted by Crippen LogP contribution is -2.24. The van der Waals surface area contributed by atoms with Gasteiger partial charge in [0, 0.05) is 23.7 Å². The molecule has 3 aromatic rings. The fourth-order valence-electron chi connectivity index (χ4n) is 3.09. The molecule has 0 radical (unpaired) electrons. The topological polar surface area (TPSA) is 93.7 Å². The van der Waals surface area contributed by atoms with Crippen molar-refractivity contribution in [2.75, 3.05) is 18.9 Å². The van der Waals surface area contributed by atoms with E-state index in [1.807, 2.05) is 0 Å². The van der Waals surface area contributed by atoms with Crippen LogP contribution in [0, 0.1) is 12.7 Å². The summed E-state index contributed by atoms with van der Waals surface area (Å²) < 4.78 is 52.9. The molecule has 0 saturated heterocycles. The highest BCUT2D eigenvalue weighted by Gasteiger charge is 2.22. The Morgan fingerprint density at radius 1 is 1.03 bits per heavy atom. The number of carbonyl (C=O) groups is 1. The molecule has 0 spiro atoms. The average Bonchev–Trinajstić information content (AvgIpc) is 2.78. The zero-order valence-electron chi connectivity index (χ0n) is 18.1. The van der Waals surface area contributed by atoms with Crippen molar-refractivity contribution >= 4 is 33.2 Å². The summed E-state index contributed by atoms with van der Waals surface area (Å²) in [5.41, 5.74) is 0.955. The zero-order valence-corrected chi connectivity index (χ0v) is 19.7. The number of amides is 1. The summed E-state index contributed by atoms with van der Waals surface area (Å²) in [5, 5.41) is 2.79. The van der Waals surface area contributed by atoms with Crippen molar-refractivity contribution in [2.45, 2.75) is 18.4 Å². The number of rotatable bonds is 8. The minimum Gasteiger partial charge on any atom is -0.495 e. The number of ether oxygens (including phenoxy) is 2. The first kappa shape index (κ1) is 24.3. The van der Waals surface area contributed by atoms with Gasteiger partial charge in [-0.2, -0.15) is 0 Å². The first-order valence-corrected chi connectivity index (χ1v) is 11.6. The number of aryl methyl sites for hydroxylation is 1. The van der Waals surface area contributed by atoms with E-state index in [9.17, 15) is 17.6 Å². The van der Waals surface area contributed by atoms with Crippen LogP contribution in [-0.2, 0) is 16.6 Å². The standard InChI is InChI=1S/C23H22ClFN2O5S/c1-14-8-9-15(23(28)26-13-16-6-4-5-7-18(16)25)10-22(14)33(29,30)27-19-11-17(24)20(31-2)12-21(19)32-3/h4-12,27H,13H2,1-3H3,(H,26,28). The second kappa shape index (κ2) is 10.1. The Labute approximate surface area is 196 Å². The molecule has 0 aromatic heterocycles. The molecule has 0 heterocycles. The smallest absolute Gasteiger partial charge is 0.262 e. The van der Waals surface area contributed by atoms with Crippen molar-refractivity contribution < 1.29 is 27.1 Å². The van der Waals surface area contributed by atoms with E-state index in [1.165, 1.54) is 50.6 Å². The number of benzene rings is 3. The van der Waals surface area contributed by atoms with Crippen molar-refractivity contribution in [3.63, 3.8) is 0 Å². The number of nitrogens with one attached hydrogen (secondary N) is 2. The van der Waals surface area contributed by atoms with E-state index in [0.717, 1.165) is 0 Å². The van der Waals surface area contributed by atoms with Crippen molar-refractivity contribution in [2.24, 2.45) is 0 Å². The van der Waals surface area contributed by atoms with E-state index in [-0.39, 0.29) is 33.5 Å². The highest BCUT2D eigenvalue weighted by atomic mass is 35.5. The quantitative estimate of drug-likeness (QED) is 0.481. The van der Waals surface area contributed by atoms with Crippen LogP contribution in [0.5, 0.6) is 11.5 Å². The van der Waals surface area contributed by atoms with Gasteiger partial charge < -0.3 is 14.8 Å². The molecule has 3 rings (SSSR count). The fourth-order valence-corrected chi connectivity index (χ4v) is 4.66. The van der Waals surface area contributed by atoms with Gasteiger partial charge in [-0.3, -0.25) is 9.52 Å². The molecule has 33 heavy (non-hydrogen) atoms. The predicted molar refractivity (Wildman–Crippen MR) is 124 cm³/mol. The summed E-state index contributed by atoms with van der Waals surface area (Å²) in [5.74, 6) is -0.460. The predicted octanol–water partition coefficient (Wildman–Crippen LogP) is 4.54. The molecule has 0 fully saturated rings. The number of halogens is 2. The normalized spacial score (nSPS) is 11.1. The number of methoxy groups -OCH3 is 2. The van der Waals surface area contributed by atoms with Crippen molar-refractivity contribution in [1.82, 2.24) is 5.32 Å². The van der Waals surface area contributed by atoms with E-state index < -0.39 is 21.7 Å². The second-order valence-corrected chi connectivity index (χ2v) is 9.10. The van der Waals surface area contributed by atoms with Crippen LogP contribution < -0.4 is 19.5 Å². The van der Waals surface area contributed by atoms with Crippen LogP contribution in [0.25, 0.3) is 0 Å². The number of hydrogen-bond donors (Lipinski definition) is 2. The maximum absolute atomic E-state index is 13.8. The highest BCUT2D eigenvalue weighted by Crippen LogP contribution is 2.37. The molecular formula is C23H22ClFN2O5S. The van der Waals surface area contributed by atoms with Crippen molar-refractivity contribution in [1.29, 1.82) is 0 Å². The number of hydrogen-bond acceptors (Lipinski definition) is 5. The molecule has 1 amide bonds. The summed E-state index contributed by atoms with van der Waals surface area (Å²) in [6, 6.07) is 13.2. The summed E-state index contributed by atoms with van der Waals surface area (Å²) in [6.45, 7) is 1.56. The Balaban J connectivity index is 1.87. The fraction of sp³-hybridized carbons (Fsp3) is 0.174. The lowest BCUT2D eigenvalue weighted by molar-refractivity contribution is 0.0950. The summed E-state index contributed by atoms with van der Waals surface area (Å²) in [7, 11) is -1.30. The molecule has 0 aliphatic carbocycles. The Hall–Kier alpha value is -3.30. The van der Waals surface area contributed by atoms with Crippen LogP contribution in [0.2, 0.25) is 5.02 Å². The Bertz CT molecular complexity index is 1300. The lowest BCUT2D eigenvalue weighted by Gasteiger charge is -2.16. The van der Waals surface area contributed by atoms with E-state index in [1.54, 1.807) is 25.1 Å². The summed E-state index contributed by atoms with van der Waals surface area (Å²) in [4.78, 5) is 12.5. The van der Waals surface area contributed by atoms with E-state index in [0.29, 0.717) is 16.9 Å². The zero-order chi connectivity index (χ0) is 24.2. The van der Waals surface area contributed by atoms with Gasteiger partial charge in [-0.1, -0.05) is 35.9 Å². The summed E-state index contributed by atoms with van der Waals surface area (Å²) in [6.07, 6.45) is 0. The van der Waals surface area contributed by atoms with Crippen LogP contribution in [0.1, 0.15) is 21.5 Å². The average molecular weight is 493 g/mol. The Kier molecular flexibility index (Phi) is 7.45.